The molecule has 1 saturated heterocycles. The Bertz CT molecular complexity index is 1600. The van der Waals surface area contributed by atoms with Crippen LogP contribution in [0.3, 0.4) is 0 Å². The van der Waals surface area contributed by atoms with Gasteiger partial charge in [0.1, 0.15) is 17.8 Å². The van der Waals surface area contributed by atoms with E-state index in [4.69, 9.17) is 19.3 Å². The molecule has 6 rings (SSSR count). The summed E-state index contributed by atoms with van der Waals surface area (Å²) in [7, 11) is 0. The number of anilines is 1. The molecule has 0 spiro atoms. The van der Waals surface area contributed by atoms with Crippen molar-refractivity contribution in [3.05, 3.63) is 59.8 Å². The molecule has 2 heterocycles. The molecule has 3 aliphatic rings. The molecule has 2 aromatic carbocycles. The summed E-state index contributed by atoms with van der Waals surface area (Å²) in [4.78, 5) is 44.0. The Morgan fingerprint density at radius 1 is 0.854 bits per heavy atom. The molecule has 0 radical (unpaired) electrons. The van der Waals surface area contributed by atoms with Crippen molar-refractivity contribution < 1.29 is 28.6 Å². The minimum Gasteiger partial charge on any atom is -0.445 e. The van der Waals surface area contributed by atoms with Crippen LogP contribution in [0.15, 0.2) is 48.5 Å². The van der Waals surface area contributed by atoms with Crippen LogP contribution in [-0.2, 0) is 20.8 Å². The summed E-state index contributed by atoms with van der Waals surface area (Å²) in [5.41, 5.74) is 2.93. The minimum atomic E-state index is -0.729. The molecule has 0 atom stereocenters. The Morgan fingerprint density at radius 2 is 1.48 bits per heavy atom. The lowest BCUT2D eigenvalue weighted by Gasteiger charge is -2.38. The van der Waals surface area contributed by atoms with Crippen LogP contribution in [0.4, 0.5) is 20.1 Å². The maximum atomic E-state index is 13.0. The molecule has 11 heteroatoms. The van der Waals surface area contributed by atoms with Gasteiger partial charge >= 0.3 is 18.3 Å². The van der Waals surface area contributed by atoms with Crippen LogP contribution in [0, 0.1) is 5.92 Å². The van der Waals surface area contributed by atoms with E-state index in [1.54, 1.807) is 46.4 Å². The zero-order valence-corrected chi connectivity index (χ0v) is 29.1. The van der Waals surface area contributed by atoms with Crippen molar-refractivity contribution in [2.75, 3.05) is 37.6 Å². The van der Waals surface area contributed by atoms with Crippen molar-refractivity contribution in [3.8, 4) is 0 Å². The molecule has 258 valence electrons. The van der Waals surface area contributed by atoms with Crippen molar-refractivity contribution in [2.24, 2.45) is 5.92 Å². The molecular formula is C37H49N5O6. The molecule has 11 nitrogen and oxygen atoms in total. The van der Waals surface area contributed by atoms with E-state index in [9.17, 15) is 14.4 Å². The third-order valence-electron chi connectivity index (χ3n) is 9.02. The van der Waals surface area contributed by atoms with E-state index in [0.717, 1.165) is 66.1 Å². The summed E-state index contributed by atoms with van der Waals surface area (Å²) < 4.78 is 18.8. The van der Waals surface area contributed by atoms with E-state index < -0.39 is 23.4 Å². The first-order valence-electron chi connectivity index (χ1n) is 17.2. The molecule has 0 N–H and O–H groups in total. The maximum absolute atomic E-state index is 13.0. The number of aromatic nitrogens is 2. The lowest BCUT2D eigenvalue weighted by atomic mass is 9.80. The highest BCUT2D eigenvalue weighted by Gasteiger charge is 2.40. The number of fused-ring (bicyclic) bond motifs is 1. The number of carbonyl (C=O) groups is 3. The van der Waals surface area contributed by atoms with Gasteiger partial charge in [-0.2, -0.15) is 5.10 Å². The number of piperazine rings is 1. The number of hydrogen-bond donors (Lipinski definition) is 0. The lowest BCUT2D eigenvalue weighted by Crippen LogP contribution is -2.48. The number of benzene rings is 2. The van der Waals surface area contributed by atoms with Gasteiger partial charge in [0.05, 0.1) is 17.3 Å². The molecule has 3 amide bonds. The molecule has 1 aliphatic heterocycles. The van der Waals surface area contributed by atoms with Crippen LogP contribution < -0.4 is 4.90 Å². The summed E-state index contributed by atoms with van der Waals surface area (Å²) in [5, 5.41) is 6.34. The highest BCUT2D eigenvalue weighted by atomic mass is 16.6. The smallest absolute Gasteiger partial charge is 0.419 e. The van der Waals surface area contributed by atoms with Crippen LogP contribution in [0.2, 0.25) is 0 Å². The van der Waals surface area contributed by atoms with Crippen molar-refractivity contribution >= 4 is 34.9 Å². The number of carbonyl (C=O) groups excluding carboxylic acids is 3. The predicted molar refractivity (Wildman–Crippen MR) is 183 cm³/mol. The van der Waals surface area contributed by atoms with Gasteiger partial charge < -0.3 is 24.0 Å². The third kappa shape index (κ3) is 8.05. The number of rotatable bonds is 7. The highest BCUT2D eigenvalue weighted by Crippen LogP contribution is 2.46. The largest absolute Gasteiger partial charge is 0.445 e. The van der Waals surface area contributed by atoms with Gasteiger partial charge in [-0.15, -0.1) is 0 Å². The fraction of sp³-hybridized carbons (Fsp3) is 0.568. The predicted octanol–water partition coefficient (Wildman–Crippen LogP) is 7.50. The molecule has 48 heavy (non-hydrogen) atoms. The maximum Gasteiger partial charge on any atom is 0.419 e. The van der Waals surface area contributed by atoms with E-state index in [-0.39, 0.29) is 31.2 Å². The number of amides is 3. The van der Waals surface area contributed by atoms with Crippen LogP contribution in [0.25, 0.3) is 10.9 Å². The fourth-order valence-electron chi connectivity index (χ4n) is 6.41. The number of nitrogens with zero attached hydrogens (tertiary/aromatic N) is 5. The van der Waals surface area contributed by atoms with Gasteiger partial charge in [0.15, 0.2) is 0 Å². The molecule has 1 aromatic heterocycles. The Balaban J connectivity index is 1.09. The second-order valence-corrected chi connectivity index (χ2v) is 15.4. The van der Waals surface area contributed by atoms with Gasteiger partial charge in [-0.05, 0) is 96.9 Å². The highest BCUT2D eigenvalue weighted by molar-refractivity contribution is 5.88. The van der Waals surface area contributed by atoms with Crippen LogP contribution in [0.5, 0.6) is 0 Å². The topological polar surface area (TPSA) is 106 Å². The summed E-state index contributed by atoms with van der Waals surface area (Å²) >= 11 is 0. The molecular weight excluding hydrogens is 610 g/mol. The SMILES string of the molecule is CC(C)(C)OC(=O)N(C[C@H]1C[C@H](n2nc(C3CC3)c3cc(N4CCN(C(=O)OCc5ccccc5)CC4)ccc32)C1)C(=O)OC(C)(C)C. The van der Waals surface area contributed by atoms with Gasteiger partial charge in [-0.25, -0.2) is 19.3 Å². The first-order chi connectivity index (χ1) is 22.7. The van der Waals surface area contributed by atoms with E-state index in [1.165, 1.54) is 5.39 Å². The number of ether oxygens (including phenoxy) is 3. The monoisotopic (exact) mass is 659 g/mol. The molecule has 3 aromatic rings. The Kier molecular flexibility index (Phi) is 9.33. The molecule has 2 aliphatic carbocycles. The van der Waals surface area contributed by atoms with Crippen molar-refractivity contribution in [3.63, 3.8) is 0 Å². The molecule has 0 unspecified atom stereocenters. The molecule has 0 bridgehead atoms. The van der Waals surface area contributed by atoms with E-state index in [1.807, 2.05) is 30.3 Å². The second kappa shape index (κ2) is 13.3. The lowest BCUT2D eigenvalue weighted by molar-refractivity contribution is -0.00632. The van der Waals surface area contributed by atoms with Crippen LogP contribution in [0.1, 0.15) is 90.4 Å². The van der Waals surface area contributed by atoms with Gasteiger partial charge in [0.25, 0.3) is 0 Å². The quantitative estimate of drug-likeness (QED) is 0.240. The van der Waals surface area contributed by atoms with Gasteiger partial charge in [-0.3, -0.25) is 4.68 Å². The summed E-state index contributed by atoms with van der Waals surface area (Å²) in [5.74, 6) is 0.597. The summed E-state index contributed by atoms with van der Waals surface area (Å²) in [6.07, 6.45) is 2.25. The number of imide groups is 1. The molecule has 2 saturated carbocycles. The van der Waals surface area contributed by atoms with Crippen molar-refractivity contribution in [2.45, 2.75) is 97.0 Å². The number of hydrogen-bond acceptors (Lipinski definition) is 8. The Labute approximate surface area is 283 Å². The Hall–Kier alpha value is -4.28. The summed E-state index contributed by atoms with van der Waals surface area (Å²) in [6, 6.07) is 16.5. The standard InChI is InChI=1S/C37H49N5O6/c1-36(2,3)47-34(44)41(35(45)48-37(4,5)6)23-26-20-29(21-26)42-31-15-14-28(22-30(31)32(38-42)27-12-13-27)39-16-18-40(19-17-39)33(43)46-24-25-10-8-7-9-11-25/h7-11,14-15,22,26-27,29H,12-13,16-21,23-24H2,1-6H3/t26-,29-. The van der Waals surface area contributed by atoms with Gasteiger partial charge in [0.2, 0.25) is 0 Å². The third-order valence-corrected chi connectivity index (χ3v) is 9.02. The zero-order valence-electron chi connectivity index (χ0n) is 29.1. The van der Waals surface area contributed by atoms with Gasteiger partial charge in [-0.1, -0.05) is 30.3 Å². The van der Waals surface area contributed by atoms with Crippen molar-refractivity contribution in [1.82, 2.24) is 19.6 Å². The minimum absolute atomic E-state index is 0.119. The second-order valence-electron chi connectivity index (χ2n) is 15.4. The molecule has 3 fully saturated rings. The van der Waals surface area contributed by atoms with E-state index in [2.05, 4.69) is 27.8 Å². The van der Waals surface area contributed by atoms with Crippen LogP contribution in [-0.4, -0.2) is 81.8 Å². The average molecular weight is 660 g/mol. The van der Waals surface area contributed by atoms with E-state index in [0.29, 0.717) is 19.0 Å². The Morgan fingerprint density at radius 3 is 2.06 bits per heavy atom. The zero-order chi connectivity index (χ0) is 34.2. The van der Waals surface area contributed by atoms with Gasteiger partial charge in [0, 0.05) is 49.7 Å². The fourth-order valence-corrected chi connectivity index (χ4v) is 6.41. The first-order valence-corrected chi connectivity index (χ1v) is 17.2. The van der Waals surface area contributed by atoms with Crippen molar-refractivity contribution in [1.29, 1.82) is 0 Å². The summed E-state index contributed by atoms with van der Waals surface area (Å²) in [6.45, 7) is 13.9. The normalized spacial score (nSPS) is 19.9. The van der Waals surface area contributed by atoms with E-state index >= 15 is 0 Å². The van der Waals surface area contributed by atoms with Crippen LogP contribution >= 0.6 is 0 Å². The average Bonchev–Trinajstić information content (AvgIpc) is 3.78. The first kappa shape index (κ1) is 33.6.